The average Bonchev–Trinajstić information content (AvgIpc) is 2.49. The van der Waals surface area contributed by atoms with Crippen LogP contribution in [-0.2, 0) is 9.53 Å². The Balaban J connectivity index is 0.00000400. The molecule has 0 saturated heterocycles. The van der Waals surface area contributed by atoms with Gasteiger partial charge in [0.1, 0.15) is 0 Å². The van der Waals surface area contributed by atoms with E-state index in [-0.39, 0.29) is 43.4 Å². The summed E-state index contributed by atoms with van der Waals surface area (Å²) >= 11 is 0. The normalized spacial score (nSPS) is 13.1. The van der Waals surface area contributed by atoms with Crippen LogP contribution in [-0.4, -0.2) is 43.9 Å². The van der Waals surface area contributed by atoms with E-state index in [1.165, 1.54) is 0 Å². The minimum Gasteiger partial charge on any atom is -0.396 e. The molecule has 21 heavy (non-hydrogen) atoms. The number of hydrogen-bond acceptors (Lipinski definition) is 4. The Hall–Kier alpha value is -1.14. The molecule has 0 bridgehead atoms. The largest absolute Gasteiger partial charge is 0.396 e. The van der Waals surface area contributed by atoms with Gasteiger partial charge in [0.15, 0.2) is 0 Å². The standard InChI is InChI=1S/C15H24N2O3.ClH/c1-20-14(10-16)9-15(19)17-11-13(7-8-18)12-5-3-2-4-6-12;/h2-6,13-14,18H,7-11,16H2,1H3,(H,17,19);1H. The van der Waals surface area contributed by atoms with Gasteiger partial charge in [0.25, 0.3) is 0 Å². The van der Waals surface area contributed by atoms with E-state index >= 15 is 0 Å². The third-order valence-electron chi connectivity index (χ3n) is 3.30. The first-order valence-corrected chi connectivity index (χ1v) is 6.86. The number of nitrogens with two attached hydrogens (primary N) is 1. The third-order valence-corrected chi connectivity index (χ3v) is 3.30. The highest BCUT2D eigenvalue weighted by Gasteiger charge is 2.15. The fourth-order valence-electron chi connectivity index (χ4n) is 2.05. The SMILES string of the molecule is COC(CN)CC(=O)NCC(CCO)c1ccccc1.Cl. The summed E-state index contributed by atoms with van der Waals surface area (Å²) in [6.07, 6.45) is 0.630. The van der Waals surface area contributed by atoms with E-state index in [0.29, 0.717) is 19.5 Å². The quantitative estimate of drug-likeness (QED) is 0.636. The summed E-state index contributed by atoms with van der Waals surface area (Å²) in [5, 5.41) is 12.0. The fraction of sp³-hybridized carbons (Fsp3) is 0.533. The highest BCUT2D eigenvalue weighted by molar-refractivity contribution is 5.85. The minimum absolute atomic E-state index is 0. The number of nitrogens with one attached hydrogen (secondary N) is 1. The van der Waals surface area contributed by atoms with Crippen molar-refractivity contribution in [1.82, 2.24) is 5.32 Å². The zero-order valence-electron chi connectivity index (χ0n) is 12.3. The van der Waals surface area contributed by atoms with Crippen molar-refractivity contribution < 1.29 is 14.6 Å². The first-order valence-electron chi connectivity index (χ1n) is 6.86. The first kappa shape index (κ1) is 19.9. The lowest BCUT2D eigenvalue weighted by Crippen LogP contribution is -2.34. The van der Waals surface area contributed by atoms with E-state index in [1.807, 2.05) is 30.3 Å². The van der Waals surface area contributed by atoms with Crippen molar-refractivity contribution in [3.8, 4) is 0 Å². The number of rotatable bonds is 9. The van der Waals surface area contributed by atoms with Gasteiger partial charge in [0.05, 0.1) is 12.5 Å². The second kappa shape index (κ2) is 11.5. The van der Waals surface area contributed by atoms with Crippen molar-refractivity contribution in [2.45, 2.75) is 24.9 Å². The van der Waals surface area contributed by atoms with Crippen molar-refractivity contribution in [3.05, 3.63) is 35.9 Å². The molecule has 1 aromatic rings. The number of carbonyl (C=O) groups excluding carboxylic acids is 1. The highest BCUT2D eigenvalue weighted by atomic mass is 35.5. The Labute approximate surface area is 132 Å². The number of halogens is 1. The second-order valence-corrected chi connectivity index (χ2v) is 4.72. The number of hydrogen-bond donors (Lipinski definition) is 3. The maximum atomic E-state index is 11.8. The van der Waals surface area contributed by atoms with Crippen molar-refractivity contribution in [1.29, 1.82) is 0 Å². The molecule has 4 N–H and O–H groups in total. The van der Waals surface area contributed by atoms with Gasteiger partial charge in [0, 0.05) is 32.7 Å². The molecular weight excluding hydrogens is 292 g/mol. The fourth-order valence-corrected chi connectivity index (χ4v) is 2.05. The van der Waals surface area contributed by atoms with E-state index in [2.05, 4.69) is 5.32 Å². The molecule has 6 heteroatoms. The van der Waals surface area contributed by atoms with E-state index in [4.69, 9.17) is 15.6 Å². The number of methoxy groups -OCH3 is 1. The third kappa shape index (κ3) is 7.43. The predicted octanol–water partition coefficient (Wildman–Crippen LogP) is 1.05. The average molecular weight is 317 g/mol. The molecule has 0 spiro atoms. The topological polar surface area (TPSA) is 84.6 Å². The number of amides is 1. The smallest absolute Gasteiger partial charge is 0.222 e. The maximum absolute atomic E-state index is 11.8. The Bertz CT molecular complexity index is 386. The molecule has 0 fully saturated rings. The Morgan fingerprint density at radius 1 is 1.38 bits per heavy atom. The van der Waals surface area contributed by atoms with E-state index in [0.717, 1.165) is 5.56 Å². The van der Waals surface area contributed by atoms with Crippen molar-refractivity contribution in [2.75, 3.05) is 26.8 Å². The molecule has 0 aromatic heterocycles. The van der Waals surface area contributed by atoms with Crippen molar-refractivity contribution in [2.24, 2.45) is 5.73 Å². The molecule has 0 heterocycles. The van der Waals surface area contributed by atoms with Crippen LogP contribution < -0.4 is 11.1 Å². The van der Waals surface area contributed by atoms with Gasteiger partial charge in [-0.3, -0.25) is 4.79 Å². The molecule has 2 unspecified atom stereocenters. The summed E-state index contributed by atoms with van der Waals surface area (Å²) in [4.78, 5) is 11.8. The van der Waals surface area contributed by atoms with Gasteiger partial charge in [-0.05, 0) is 12.0 Å². The van der Waals surface area contributed by atoms with Crippen LogP contribution in [0.5, 0.6) is 0 Å². The monoisotopic (exact) mass is 316 g/mol. The Kier molecular flexibility index (Phi) is 10.9. The zero-order valence-corrected chi connectivity index (χ0v) is 13.1. The highest BCUT2D eigenvalue weighted by Crippen LogP contribution is 2.18. The van der Waals surface area contributed by atoms with Crippen molar-refractivity contribution in [3.63, 3.8) is 0 Å². The minimum atomic E-state index is -0.247. The van der Waals surface area contributed by atoms with E-state index in [9.17, 15) is 4.79 Å². The van der Waals surface area contributed by atoms with Gasteiger partial charge in [0.2, 0.25) is 5.91 Å². The van der Waals surface area contributed by atoms with Crippen LogP contribution in [0.4, 0.5) is 0 Å². The molecule has 5 nitrogen and oxygen atoms in total. The van der Waals surface area contributed by atoms with Gasteiger partial charge in [-0.2, -0.15) is 0 Å². The van der Waals surface area contributed by atoms with Crippen LogP contribution in [0.2, 0.25) is 0 Å². The molecule has 1 amide bonds. The van der Waals surface area contributed by atoms with Crippen LogP contribution in [0.3, 0.4) is 0 Å². The molecule has 0 radical (unpaired) electrons. The van der Waals surface area contributed by atoms with Gasteiger partial charge in [-0.1, -0.05) is 30.3 Å². The van der Waals surface area contributed by atoms with Crippen LogP contribution in [0.1, 0.15) is 24.3 Å². The zero-order chi connectivity index (χ0) is 14.8. The molecule has 1 rings (SSSR count). The lowest BCUT2D eigenvalue weighted by molar-refractivity contribution is -0.123. The summed E-state index contributed by atoms with van der Waals surface area (Å²) in [6.45, 7) is 0.923. The number of carbonyl (C=O) groups is 1. The lowest BCUT2D eigenvalue weighted by Gasteiger charge is -2.18. The number of aliphatic hydroxyl groups excluding tert-OH is 1. The molecule has 0 aliphatic carbocycles. The molecule has 2 atom stereocenters. The maximum Gasteiger partial charge on any atom is 0.222 e. The molecule has 120 valence electrons. The summed E-state index contributed by atoms with van der Waals surface area (Å²) in [5.41, 5.74) is 6.60. The summed E-state index contributed by atoms with van der Waals surface area (Å²) in [7, 11) is 1.54. The first-order chi connectivity index (χ1) is 9.71. The van der Waals surface area contributed by atoms with Gasteiger partial charge >= 0.3 is 0 Å². The van der Waals surface area contributed by atoms with Crippen LogP contribution in [0.25, 0.3) is 0 Å². The summed E-state index contributed by atoms with van der Waals surface area (Å²) < 4.78 is 5.08. The van der Waals surface area contributed by atoms with Crippen molar-refractivity contribution >= 4 is 18.3 Å². The number of ether oxygens (including phenoxy) is 1. The lowest BCUT2D eigenvalue weighted by atomic mass is 9.96. The van der Waals surface area contributed by atoms with Gasteiger partial charge in [-0.25, -0.2) is 0 Å². The second-order valence-electron chi connectivity index (χ2n) is 4.72. The van der Waals surface area contributed by atoms with Crippen LogP contribution in [0, 0.1) is 0 Å². The van der Waals surface area contributed by atoms with Crippen LogP contribution >= 0.6 is 12.4 Å². The van der Waals surface area contributed by atoms with E-state index in [1.54, 1.807) is 7.11 Å². The molecule has 0 aliphatic rings. The Morgan fingerprint density at radius 2 is 2.05 bits per heavy atom. The predicted molar refractivity (Wildman–Crippen MR) is 85.6 cm³/mol. The van der Waals surface area contributed by atoms with Crippen LogP contribution in [0.15, 0.2) is 30.3 Å². The molecule has 1 aromatic carbocycles. The summed E-state index contributed by atoms with van der Waals surface area (Å²) in [6, 6.07) is 9.87. The molecule has 0 saturated carbocycles. The Morgan fingerprint density at radius 3 is 2.57 bits per heavy atom. The molecular formula is C15H25ClN2O3. The molecule has 0 aliphatic heterocycles. The van der Waals surface area contributed by atoms with Gasteiger partial charge < -0.3 is 20.9 Å². The summed E-state index contributed by atoms with van der Waals surface area (Å²) in [5.74, 6) is 0.0326. The van der Waals surface area contributed by atoms with Gasteiger partial charge in [-0.15, -0.1) is 12.4 Å². The number of aliphatic hydroxyl groups is 1. The van der Waals surface area contributed by atoms with E-state index < -0.39 is 0 Å². The number of benzene rings is 1.